The van der Waals surface area contributed by atoms with Crippen molar-refractivity contribution in [2.75, 3.05) is 6.61 Å². The molecule has 4 heteroatoms. The van der Waals surface area contributed by atoms with E-state index in [-0.39, 0.29) is 18.6 Å². The number of hydrogen-bond donors (Lipinski definition) is 1. The minimum atomic E-state index is -0.167. The molecule has 3 rings (SSSR count). The Bertz CT molecular complexity index is 846. The lowest BCUT2D eigenvalue weighted by atomic mass is 10.0. The molecule has 0 aliphatic rings. The molecule has 26 heavy (non-hydrogen) atoms. The van der Waals surface area contributed by atoms with Gasteiger partial charge in [0, 0.05) is 5.02 Å². The van der Waals surface area contributed by atoms with Crippen molar-refractivity contribution in [3.8, 4) is 16.9 Å². The predicted octanol–water partition coefficient (Wildman–Crippen LogP) is 5.26. The topological polar surface area (TPSA) is 38.3 Å². The fourth-order valence-electron chi connectivity index (χ4n) is 2.64. The highest BCUT2D eigenvalue weighted by molar-refractivity contribution is 6.30. The average Bonchev–Trinajstić information content (AvgIpc) is 2.68. The normalized spacial score (nSPS) is 11.6. The molecule has 3 nitrogen and oxygen atoms in total. The van der Waals surface area contributed by atoms with Crippen molar-refractivity contribution in [3.63, 3.8) is 0 Å². The number of nitrogens with one attached hydrogen (secondary N) is 1. The third-order valence-corrected chi connectivity index (χ3v) is 4.33. The fourth-order valence-corrected chi connectivity index (χ4v) is 2.77. The van der Waals surface area contributed by atoms with E-state index in [1.807, 2.05) is 37.3 Å². The van der Waals surface area contributed by atoms with Crippen LogP contribution in [0.15, 0.2) is 78.9 Å². The van der Waals surface area contributed by atoms with E-state index < -0.39 is 0 Å². The predicted molar refractivity (Wildman–Crippen MR) is 105 cm³/mol. The SMILES string of the molecule is C[C@@H](NC(=O)COc1ccc(Cl)cc1)c1ccc(-c2ccccc2)cc1. The van der Waals surface area contributed by atoms with E-state index in [1.54, 1.807) is 24.3 Å². The van der Waals surface area contributed by atoms with Gasteiger partial charge >= 0.3 is 0 Å². The number of ether oxygens (including phenoxy) is 1. The van der Waals surface area contributed by atoms with Gasteiger partial charge in [0.2, 0.25) is 0 Å². The molecule has 0 aliphatic heterocycles. The summed E-state index contributed by atoms with van der Waals surface area (Å²) in [4.78, 5) is 12.1. The van der Waals surface area contributed by atoms with Crippen molar-refractivity contribution in [2.24, 2.45) is 0 Å². The molecule has 0 aromatic heterocycles. The van der Waals surface area contributed by atoms with Crippen molar-refractivity contribution < 1.29 is 9.53 Å². The van der Waals surface area contributed by atoms with E-state index >= 15 is 0 Å². The molecule has 1 atom stereocenters. The van der Waals surface area contributed by atoms with Gasteiger partial charge < -0.3 is 10.1 Å². The van der Waals surface area contributed by atoms with E-state index in [4.69, 9.17) is 16.3 Å². The lowest BCUT2D eigenvalue weighted by Gasteiger charge is -2.15. The standard InChI is InChI=1S/C22H20ClNO2/c1-16(24-22(25)15-26-21-13-11-20(23)12-14-21)17-7-9-19(10-8-17)18-5-3-2-4-6-18/h2-14,16H,15H2,1H3,(H,24,25)/t16-/m1/s1. The molecular formula is C22H20ClNO2. The van der Waals surface area contributed by atoms with Gasteiger partial charge in [-0.3, -0.25) is 4.79 Å². The molecule has 0 fully saturated rings. The maximum Gasteiger partial charge on any atom is 0.258 e. The van der Waals surface area contributed by atoms with Gasteiger partial charge in [0.05, 0.1) is 6.04 Å². The quantitative estimate of drug-likeness (QED) is 0.646. The molecule has 1 amide bonds. The van der Waals surface area contributed by atoms with Crippen LogP contribution in [0.2, 0.25) is 5.02 Å². The van der Waals surface area contributed by atoms with Crippen molar-refractivity contribution in [1.29, 1.82) is 0 Å². The van der Waals surface area contributed by atoms with E-state index in [0.717, 1.165) is 11.1 Å². The molecule has 0 heterocycles. The number of halogens is 1. The summed E-state index contributed by atoms with van der Waals surface area (Å²) in [5.41, 5.74) is 3.37. The van der Waals surface area contributed by atoms with Crippen LogP contribution in [-0.2, 0) is 4.79 Å². The summed E-state index contributed by atoms with van der Waals surface area (Å²) in [7, 11) is 0. The third kappa shape index (κ3) is 4.87. The highest BCUT2D eigenvalue weighted by atomic mass is 35.5. The van der Waals surface area contributed by atoms with Gasteiger partial charge in [-0.1, -0.05) is 66.2 Å². The lowest BCUT2D eigenvalue weighted by molar-refractivity contribution is -0.123. The van der Waals surface area contributed by atoms with Crippen LogP contribution in [0.1, 0.15) is 18.5 Å². The van der Waals surface area contributed by atoms with Gasteiger partial charge in [0.15, 0.2) is 6.61 Å². The Morgan fingerprint density at radius 2 is 1.54 bits per heavy atom. The molecule has 0 bridgehead atoms. The molecule has 0 spiro atoms. The fraction of sp³-hybridized carbons (Fsp3) is 0.136. The second kappa shape index (κ2) is 8.54. The highest BCUT2D eigenvalue weighted by Gasteiger charge is 2.10. The van der Waals surface area contributed by atoms with Crippen LogP contribution in [0.3, 0.4) is 0 Å². The van der Waals surface area contributed by atoms with Gasteiger partial charge in [0.1, 0.15) is 5.75 Å². The van der Waals surface area contributed by atoms with E-state index in [2.05, 4.69) is 29.6 Å². The number of carbonyl (C=O) groups is 1. The summed E-state index contributed by atoms with van der Waals surface area (Å²) in [6.07, 6.45) is 0. The van der Waals surface area contributed by atoms with Crippen LogP contribution in [-0.4, -0.2) is 12.5 Å². The number of amides is 1. The Morgan fingerprint density at radius 1 is 0.923 bits per heavy atom. The average molecular weight is 366 g/mol. The van der Waals surface area contributed by atoms with Crippen molar-refractivity contribution in [2.45, 2.75) is 13.0 Å². The Labute approximate surface area is 158 Å². The number of benzene rings is 3. The molecule has 1 N–H and O–H groups in total. The molecule has 0 radical (unpaired) electrons. The summed E-state index contributed by atoms with van der Waals surface area (Å²) in [6, 6.07) is 25.2. The second-order valence-electron chi connectivity index (χ2n) is 6.02. The first-order valence-electron chi connectivity index (χ1n) is 8.45. The van der Waals surface area contributed by atoms with Gasteiger partial charge in [-0.2, -0.15) is 0 Å². The molecule has 132 valence electrons. The van der Waals surface area contributed by atoms with Crippen molar-refractivity contribution >= 4 is 17.5 Å². The molecule has 0 saturated heterocycles. The van der Waals surface area contributed by atoms with Crippen LogP contribution in [0.4, 0.5) is 0 Å². The van der Waals surface area contributed by atoms with Crippen LogP contribution in [0.5, 0.6) is 5.75 Å². The van der Waals surface area contributed by atoms with Crippen molar-refractivity contribution in [1.82, 2.24) is 5.32 Å². The summed E-state index contributed by atoms with van der Waals surface area (Å²) in [5, 5.41) is 3.58. The second-order valence-corrected chi connectivity index (χ2v) is 6.46. The van der Waals surface area contributed by atoms with Gasteiger partial charge in [-0.05, 0) is 47.9 Å². The maximum absolute atomic E-state index is 12.1. The largest absolute Gasteiger partial charge is 0.484 e. The van der Waals surface area contributed by atoms with Gasteiger partial charge in [-0.15, -0.1) is 0 Å². The minimum Gasteiger partial charge on any atom is -0.484 e. The van der Waals surface area contributed by atoms with E-state index in [9.17, 15) is 4.79 Å². The van der Waals surface area contributed by atoms with Crippen molar-refractivity contribution in [3.05, 3.63) is 89.4 Å². The summed E-state index contributed by atoms with van der Waals surface area (Å²) >= 11 is 5.83. The molecule has 0 saturated carbocycles. The first kappa shape index (κ1) is 18.0. The highest BCUT2D eigenvalue weighted by Crippen LogP contribution is 2.22. The number of hydrogen-bond acceptors (Lipinski definition) is 2. The molecule has 0 aliphatic carbocycles. The number of rotatable bonds is 6. The van der Waals surface area contributed by atoms with Crippen LogP contribution < -0.4 is 10.1 Å². The summed E-state index contributed by atoms with van der Waals surface area (Å²) in [6.45, 7) is 1.92. The summed E-state index contributed by atoms with van der Waals surface area (Å²) in [5.74, 6) is 0.448. The van der Waals surface area contributed by atoms with Gasteiger partial charge in [0.25, 0.3) is 5.91 Å². The zero-order chi connectivity index (χ0) is 18.4. The molecule has 0 unspecified atom stereocenters. The Morgan fingerprint density at radius 3 is 2.19 bits per heavy atom. The van der Waals surface area contributed by atoms with E-state index in [0.29, 0.717) is 10.8 Å². The van der Waals surface area contributed by atoms with Crippen LogP contribution in [0, 0.1) is 0 Å². The van der Waals surface area contributed by atoms with Gasteiger partial charge in [-0.25, -0.2) is 0 Å². The first-order chi connectivity index (χ1) is 12.6. The Kier molecular flexibility index (Phi) is 5.92. The van der Waals surface area contributed by atoms with E-state index in [1.165, 1.54) is 5.56 Å². The minimum absolute atomic E-state index is 0.0337. The zero-order valence-corrected chi connectivity index (χ0v) is 15.2. The third-order valence-electron chi connectivity index (χ3n) is 4.08. The monoisotopic (exact) mass is 365 g/mol. The zero-order valence-electron chi connectivity index (χ0n) is 14.5. The van der Waals surface area contributed by atoms with Crippen LogP contribution in [0.25, 0.3) is 11.1 Å². The number of carbonyl (C=O) groups excluding carboxylic acids is 1. The summed E-state index contributed by atoms with van der Waals surface area (Å²) < 4.78 is 5.47. The Balaban J connectivity index is 1.54. The molecular weight excluding hydrogens is 346 g/mol. The van der Waals surface area contributed by atoms with Crippen LogP contribution >= 0.6 is 11.6 Å². The molecule has 3 aromatic rings. The first-order valence-corrected chi connectivity index (χ1v) is 8.83. The maximum atomic E-state index is 12.1. The lowest BCUT2D eigenvalue weighted by Crippen LogP contribution is -2.31. The Hall–Kier alpha value is -2.78. The molecule has 3 aromatic carbocycles. The smallest absolute Gasteiger partial charge is 0.258 e.